The number of carbonyl (C=O) groups excluding carboxylic acids is 2. The van der Waals surface area contributed by atoms with Crippen LogP contribution in [0.3, 0.4) is 0 Å². The van der Waals surface area contributed by atoms with E-state index in [-0.39, 0.29) is 25.0 Å². The van der Waals surface area contributed by atoms with E-state index < -0.39 is 10.1 Å². The maximum atomic E-state index is 12.1. The van der Waals surface area contributed by atoms with Crippen molar-refractivity contribution in [1.82, 2.24) is 4.90 Å². The number of carbonyl (C=O) groups is 2. The quantitative estimate of drug-likeness (QED) is 0.468. The van der Waals surface area contributed by atoms with Crippen molar-refractivity contribution in [3.8, 4) is 5.75 Å². The Labute approximate surface area is 150 Å². The lowest BCUT2D eigenvalue weighted by Gasteiger charge is -2.14. The van der Waals surface area contributed by atoms with Crippen molar-refractivity contribution in [2.75, 3.05) is 25.1 Å². The molecule has 0 unspecified atom stereocenters. The molecule has 8 nitrogen and oxygen atoms in total. The summed E-state index contributed by atoms with van der Waals surface area (Å²) >= 11 is 0. The van der Waals surface area contributed by atoms with Crippen LogP contribution in [0.1, 0.15) is 20.7 Å². The molecule has 0 radical (unpaired) electrons. The first-order valence-electron chi connectivity index (χ1n) is 7.53. The predicted octanol–water partition coefficient (Wildman–Crippen LogP) is 1.45. The van der Waals surface area contributed by atoms with Gasteiger partial charge in [-0.05, 0) is 36.4 Å². The van der Waals surface area contributed by atoms with Crippen LogP contribution in [0.2, 0.25) is 0 Å². The smallest absolute Gasteiger partial charge is 0.261 e. The van der Waals surface area contributed by atoms with E-state index in [2.05, 4.69) is 0 Å². The van der Waals surface area contributed by atoms with E-state index in [4.69, 9.17) is 15.0 Å². The zero-order valence-corrected chi connectivity index (χ0v) is 14.8. The molecule has 3 rings (SSSR count). The number of hydrogen-bond donors (Lipinski definition) is 2. The summed E-state index contributed by atoms with van der Waals surface area (Å²) in [5.74, 6) is 0.119. The minimum Gasteiger partial charge on any atom is -0.492 e. The van der Waals surface area contributed by atoms with Crippen LogP contribution in [0.4, 0.5) is 5.69 Å². The van der Waals surface area contributed by atoms with Gasteiger partial charge in [-0.15, -0.1) is 0 Å². The molecule has 0 saturated heterocycles. The van der Waals surface area contributed by atoms with Crippen LogP contribution in [0.15, 0.2) is 48.5 Å². The van der Waals surface area contributed by atoms with Gasteiger partial charge >= 0.3 is 0 Å². The number of hydrogen-bond acceptors (Lipinski definition) is 6. The number of nitrogens with two attached hydrogens (primary N) is 1. The molecule has 1 heterocycles. The van der Waals surface area contributed by atoms with Crippen molar-refractivity contribution in [3.05, 3.63) is 59.7 Å². The van der Waals surface area contributed by atoms with E-state index in [1.807, 2.05) is 0 Å². The summed E-state index contributed by atoms with van der Waals surface area (Å²) in [6.07, 6.45) is 0.715. The fourth-order valence-corrected chi connectivity index (χ4v) is 2.26. The van der Waals surface area contributed by atoms with Crippen LogP contribution in [-0.2, 0) is 10.1 Å². The SMILES string of the molecule is CS(=O)(=O)O.Nc1ccc(OCCN2C(=O)c3ccccc3C2=O)cc1. The number of anilines is 1. The topological polar surface area (TPSA) is 127 Å². The molecule has 0 bridgehead atoms. The Bertz CT molecular complexity index is 866. The van der Waals surface area contributed by atoms with E-state index in [9.17, 15) is 18.0 Å². The maximum absolute atomic E-state index is 12.1. The first kappa shape index (κ1) is 19.4. The van der Waals surface area contributed by atoms with Crippen LogP contribution in [0, 0.1) is 0 Å². The lowest BCUT2D eigenvalue weighted by molar-refractivity contribution is 0.0631. The van der Waals surface area contributed by atoms with Crippen molar-refractivity contribution in [2.45, 2.75) is 0 Å². The third-order valence-electron chi connectivity index (χ3n) is 3.34. The first-order chi connectivity index (χ1) is 12.2. The fraction of sp³-hybridized carbons (Fsp3) is 0.176. The number of amides is 2. The van der Waals surface area contributed by atoms with Gasteiger partial charge in [-0.2, -0.15) is 8.42 Å². The molecule has 2 amide bonds. The highest BCUT2D eigenvalue weighted by molar-refractivity contribution is 7.85. The Balaban J connectivity index is 0.000000431. The summed E-state index contributed by atoms with van der Waals surface area (Å²) in [5.41, 5.74) is 7.15. The molecular weight excluding hydrogens is 360 g/mol. The van der Waals surface area contributed by atoms with Gasteiger partial charge < -0.3 is 10.5 Å². The van der Waals surface area contributed by atoms with Gasteiger partial charge in [-0.1, -0.05) is 12.1 Å². The van der Waals surface area contributed by atoms with Crippen molar-refractivity contribution >= 4 is 27.6 Å². The molecule has 2 aromatic carbocycles. The van der Waals surface area contributed by atoms with Gasteiger partial charge in [0.2, 0.25) is 0 Å². The Morgan fingerprint density at radius 1 is 1.00 bits per heavy atom. The minimum atomic E-state index is -3.67. The highest BCUT2D eigenvalue weighted by atomic mass is 32.2. The van der Waals surface area contributed by atoms with Gasteiger partial charge in [0.05, 0.1) is 23.9 Å². The summed E-state index contributed by atoms with van der Waals surface area (Å²) in [4.78, 5) is 25.5. The van der Waals surface area contributed by atoms with Crippen LogP contribution < -0.4 is 10.5 Å². The van der Waals surface area contributed by atoms with Crippen molar-refractivity contribution in [1.29, 1.82) is 0 Å². The lowest BCUT2D eigenvalue weighted by atomic mass is 10.1. The van der Waals surface area contributed by atoms with E-state index in [1.165, 1.54) is 4.90 Å². The van der Waals surface area contributed by atoms with E-state index >= 15 is 0 Å². The van der Waals surface area contributed by atoms with Crippen molar-refractivity contribution < 1.29 is 27.3 Å². The number of fused-ring (bicyclic) bond motifs is 1. The molecule has 1 aliphatic rings. The molecule has 0 saturated carbocycles. The van der Waals surface area contributed by atoms with Crippen LogP contribution in [0.5, 0.6) is 5.75 Å². The van der Waals surface area contributed by atoms with E-state index in [0.29, 0.717) is 28.8 Å². The minimum absolute atomic E-state index is 0.219. The molecule has 26 heavy (non-hydrogen) atoms. The molecule has 0 fully saturated rings. The maximum Gasteiger partial charge on any atom is 0.261 e. The Morgan fingerprint density at radius 3 is 1.92 bits per heavy atom. The summed E-state index contributed by atoms with van der Waals surface area (Å²) in [6.45, 7) is 0.464. The van der Waals surface area contributed by atoms with Gasteiger partial charge in [0.15, 0.2) is 0 Å². The molecule has 138 valence electrons. The van der Waals surface area contributed by atoms with Crippen LogP contribution in [-0.4, -0.2) is 49.1 Å². The number of nitrogens with zero attached hydrogens (tertiary/aromatic N) is 1. The third kappa shape index (κ3) is 5.30. The van der Waals surface area contributed by atoms with Gasteiger partial charge in [-0.25, -0.2) is 0 Å². The molecule has 0 atom stereocenters. The van der Waals surface area contributed by atoms with Gasteiger partial charge in [0.1, 0.15) is 12.4 Å². The fourth-order valence-electron chi connectivity index (χ4n) is 2.26. The van der Waals surface area contributed by atoms with Crippen LogP contribution in [0.25, 0.3) is 0 Å². The monoisotopic (exact) mass is 378 g/mol. The zero-order chi connectivity index (χ0) is 19.3. The Morgan fingerprint density at radius 2 is 1.46 bits per heavy atom. The van der Waals surface area contributed by atoms with Gasteiger partial charge in [-0.3, -0.25) is 19.0 Å². The van der Waals surface area contributed by atoms with Crippen molar-refractivity contribution in [2.24, 2.45) is 0 Å². The lowest BCUT2D eigenvalue weighted by Crippen LogP contribution is -2.33. The first-order valence-corrected chi connectivity index (χ1v) is 9.37. The molecule has 3 N–H and O–H groups in total. The number of rotatable bonds is 4. The normalized spacial score (nSPS) is 13.1. The van der Waals surface area contributed by atoms with Gasteiger partial charge in [0, 0.05) is 5.69 Å². The third-order valence-corrected chi connectivity index (χ3v) is 3.34. The number of benzene rings is 2. The Kier molecular flexibility index (Phi) is 5.96. The molecule has 9 heteroatoms. The second kappa shape index (κ2) is 7.98. The average Bonchev–Trinajstić information content (AvgIpc) is 2.80. The highest BCUT2D eigenvalue weighted by Crippen LogP contribution is 2.22. The number of imide groups is 1. The van der Waals surface area contributed by atoms with Crippen LogP contribution >= 0.6 is 0 Å². The van der Waals surface area contributed by atoms with Gasteiger partial charge in [0.25, 0.3) is 21.9 Å². The predicted molar refractivity (Wildman–Crippen MR) is 95.6 cm³/mol. The molecule has 0 aromatic heterocycles. The molecule has 0 aliphatic carbocycles. The second-order valence-corrected chi connectivity index (χ2v) is 6.92. The second-order valence-electron chi connectivity index (χ2n) is 5.46. The standard InChI is InChI=1S/C16H14N2O3.CH4O3S/c17-11-5-7-12(8-6-11)21-10-9-18-15(19)13-3-1-2-4-14(13)16(18)20;1-5(2,3)4/h1-8H,9-10,17H2;1H3,(H,2,3,4). The highest BCUT2D eigenvalue weighted by Gasteiger charge is 2.34. The average molecular weight is 378 g/mol. The molecule has 2 aromatic rings. The summed E-state index contributed by atoms with van der Waals surface area (Å²) < 4.78 is 31.4. The summed E-state index contributed by atoms with van der Waals surface area (Å²) in [7, 11) is -3.67. The largest absolute Gasteiger partial charge is 0.492 e. The van der Waals surface area contributed by atoms with E-state index in [0.717, 1.165) is 0 Å². The molecular formula is C17H18N2O6S. The summed E-state index contributed by atoms with van der Waals surface area (Å²) in [5, 5.41) is 0. The zero-order valence-electron chi connectivity index (χ0n) is 14.0. The van der Waals surface area contributed by atoms with E-state index in [1.54, 1.807) is 48.5 Å². The number of ether oxygens (including phenoxy) is 1. The van der Waals surface area contributed by atoms with Crippen molar-refractivity contribution in [3.63, 3.8) is 0 Å². The molecule has 1 aliphatic heterocycles. The summed E-state index contributed by atoms with van der Waals surface area (Å²) in [6, 6.07) is 13.8. The Hall–Kier alpha value is -2.91. The molecule has 0 spiro atoms. The number of nitrogen functional groups attached to an aromatic ring is 1.